The van der Waals surface area contributed by atoms with Crippen molar-refractivity contribution in [3.05, 3.63) is 24.2 Å². The van der Waals surface area contributed by atoms with E-state index in [-0.39, 0.29) is 0 Å². The van der Waals surface area contributed by atoms with Crippen molar-refractivity contribution in [3.8, 4) is 6.19 Å². The molecule has 3 nitrogen and oxygen atoms in total. The van der Waals surface area contributed by atoms with Crippen molar-refractivity contribution in [1.29, 1.82) is 5.26 Å². The first-order chi connectivity index (χ1) is 4.83. The Hall–Kier alpha value is -1.43. The van der Waals surface area contributed by atoms with Crippen LogP contribution in [0.25, 0.3) is 0 Å². The van der Waals surface area contributed by atoms with Crippen LogP contribution in [0, 0.1) is 11.5 Å². The molecule has 0 saturated heterocycles. The molecule has 0 N–H and O–H groups in total. The highest BCUT2D eigenvalue weighted by Crippen LogP contribution is 2.01. The molecule has 1 rings (SSSR count). The molecule has 0 atom stereocenters. The van der Waals surface area contributed by atoms with Gasteiger partial charge in [0.05, 0.1) is 12.8 Å². The summed E-state index contributed by atoms with van der Waals surface area (Å²) in [6, 6.07) is 3.65. The van der Waals surface area contributed by atoms with Crippen molar-refractivity contribution in [2.45, 2.75) is 6.54 Å². The number of hydrogen-bond donors (Lipinski definition) is 0. The van der Waals surface area contributed by atoms with Gasteiger partial charge in [0.25, 0.3) is 0 Å². The zero-order valence-corrected chi connectivity index (χ0v) is 5.74. The lowest BCUT2D eigenvalue weighted by atomic mass is 10.4. The largest absolute Gasteiger partial charge is 0.467 e. The number of rotatable bonds is 2. The van der Waals surface area contributed by atoms with Crippen LogP contribution in [0.15, 0.2) is 22.8 Å². The van der Waals surface area contributed by atoms with Crippen molar-refractivity contribution in [3.63, 3.8) is 0 Å². The maximum atomic E-state index is 8.37. The van der Waals surface area contributed by atoms with Crippen molar-refractivity contribution >= 4 is 0 Å². The SMILES string of the molecule is CN(C#N)Cc1ccco1. The first-order valence-corrected chi connectivity index (χ1v) is 2.96. The van der Waals surface area contributed by atoms with Crippen LogP contribution in [0.2, 0.25) is 0 Å². The molecule has 0 aliphatic heterocycles. The van der Waals surface area contributed by atoms with Crippen LogP contribution < -0.4 is 0 Å². The van der Waals surface area contributed by atoms with Crippen LogP contribution in [0.1, 0.15) is 5.76 Å². The molecular weight excluding hydrogens is 128 g/mol. The highest BCUT2D eigenvalue weighted by Gasteiger charge is 1.97. The third-order valence-corrected chi connectivity index (χ3v) is 1.14. The molecule has 1 aromatic rings. The minimum absolute atomic E-state index is 0.545. The summed E-state index contributed by atoms with van der Waals surface area (Å²) in [5, 5.41) is 8.37. The standard InChI is InChI=1S/C7H8N2O/c1-9(6-8)5-7-3-2-4-10-7/h2-4H,5H2,1H3. The Kier molecular flexibility index (Phi) is 1.96. The molecule has 1 heterocycles. The summed E-state index contributed by atoms with van der Waals surface area (Å²) < 4.78 is 5.01. The molecule has 0 saturated carbocycles. The summed E-state index contributed by atoms with van der Waals surface area (Å²) in [5.41, 5.74) is 0. The quantitative estimate of drug-likeness (QED) is 0.453. The summed E-state index contributed by atoms with van der Waals surface area (Å²) >= 11 is 0. The topological polar surface area (TPSA) is 40.2 Å². The van der Waals surface area contributed by atoms with Gasteiger partial charge in [0, 0.05) is 7.05 Å². The number of nitrogens with zero attached hydrogens (tertiary/aromatic N) is 2. The Morgan fingerprint density at radius 2 is 2.60 bits per heavy atom. The Morgan fingerprint density at radius 3 is 3.10 bits per heavy atom. The Bertz CT molecular complexity index is 222. The number of hydrogen-bond acceptors (Lipinski definition) is 3. The van der Waals surface area contributed by atoms with Gasteiger partial charge in [-0.05, 0) is 12.1 Å². The number of nitriles is 1. The molecule has 10 heavy (non-hydrogen) atoms. The zero-order valence-electron chi connectivity index (χ0n) is 5.74. The minimum Gasteiger partial charge on any atom is -0.467 e. The second-order valence-electron chi connectivity index (χ2n) is 2.04. The summed E-state index contributed by atoms with van der Waals surface area (Å²) in [7, 11) is 1.71. The van der Waals surface area contributed by atoms with E-state index in [0.29, 0.717) is 6.54 Å². The minimum atomic E-state index is 0.545. The summed E-state index contributed by atoms with van der Waals surface area (Å²) in [5.74, 6) is 0.809. The molecule has 52 valence electrons. The summed E-state index contributed by atoms with van der Waals surface area (Å²) in [6.45, 7) is 0.545. The van der Waals surface area contributed by atoms with Gasteiger partial charge in [-0.1, -0.05) is 0 Å². The van der Waals surface area contributed by atoms with Gasteiger partial charge in [-0.15, -0.1) is 0 Å². The van der Waals surface area contributed by atoms with Crippen molar-refractivity contribution in [1.82, 2.24) is 4.90 Å². The molecule has 0 aliphatic carbocycles. The van der Waals surface area contributed by atoms with Crippen LogP contribution in [0.5, 0.6) is 0 Å². The normalized spacial score (nSPS) is 8.80. The second kappa shape index (κ2) is 2.92. The smallest absolute Gasteiger partial charge is 0.179 e. The molecule has 0 bridgehead atoms. The van der Waals surface area contributed by atoms with Crippen molar-refractivity contribution in [2.24, 2.45) is 0 Å². The predicted octanol–water partition coefficient (Wildman–Crippen LogP) is 1.19. The molecule has 0 fully saturated rings. The molecule has 0 amide bonds. The number of furan rings is 1. The lowest BCUT2D eigenvalue weighted by Gasteiger charge is -2.03. The highest BCUT2D eigenvalue weighted by atomic mass is 16.3. The molecular formula is C7H8N2O. The van der Waals surface area contributed by atoms with E-state index in [1.165, 1.54) is 4.90 Å². The van der Waals surface area contributed by atoms with E-state index in [0.717, 1.165) is 5.76 Å². The van der Waals surface area contributed by atoms with Gasteiger partial charge >= 0.3 is 0 Å². The molecule has 0 unspecified atom stereocenters. The molecule has 0 radical (unpaired) electrons. The molecule has 0 spiro atoms. The fraction of sp³-hybridized carbons (Fsp3) is 0.286. The molecule has 3 heteroatoms. The van der Waals surface area contributed by atoms with Gasteiger partial charge in [0.2, 0.25) is 0 Å². The summed E-state index contributed by atoms with van der Waals surface area (Å²) in [4.78, 5) is 1.50. The lowest BCUT2D eigenvalue weighted by molar-refractivity contribution is 0.393. The van der Waals surface area contributed by atoms with Gasteiger partial charge < -0.3 is 9.32 Å². The average molecular weight is 136 g/mol. The molecule has 1 aromatic heterocycles. The summed E-state index contributed by atoms with van der Waals surface area (Å²) in [6.07, 6.45) is 3.57. The van der Waals surface area contributed by atoms with E-state index in [1.807, 2.05) is 12.3 Å². The fourth-order valence-corrected chi connectivity index (χ4v) is 0.672. The Balaban J connectivity index is 2.50. The van der Waals surface area contributed by atoms with Crippen LogP contribution in [0.4, 0.5) is 0 Å². The Morgan fingerprint density at radius 1 is 1.80 bits per heavy atom. The first-order valence-electron chi connectivity index (χ1n) is 2.96. The predicted molar refractivity (Wildman–Crippen MR) is 35.8 cm³/mol. The van der Waals surface area contributed by atoms with Gasteiger partial charge in [0.15, 0.2) is 6.19 Å². The Labute approximate surface area is 59.5 Å². The third-order valence-electron chi connectivity index (χ3n) is 1.14. The van der Waals surface area contributed by atoms with E-state index < -0.39 is 0 Å². The van der Waals surface area contributed by atoms with Crippen LogP contribution in [-0.4, -0.2) is 11.9 Å². The van der Waals surface area contributed by atoms with Gasteiger partial charge in [-0.3, -0.25) is 0 Å². The molecule has 0 aliphatic rings. The lowest BCUT2D eigenvalue weighted by Crippen LogP contribution is -2.08. The maximum Gasteiger partial charge on any atom is 0.179 e. The van der Waals surface area contributed by atoms with E-state index >= 15 is 0 Å². The van der Waals surface area contributed by atoms with Crippen LogP contribution in [-0.2, 0) is 6.54 Å². The van der Waals surface area contributed by atoms with E-state index in [9.17, 15) is 0 Å². The van der Waals surface area contributed by atoms with E-state index in [1.54, 1.807) is 19.4 Å². The van der Waals surface area contributed by atoms with Crippen LogP contribution >= 0.6 is 0 Å². The van der Waals surface area contributed by atoms with Crippen molar-refractivity contribution < 1.29 is 4.42 Å². The van der Waals surface area contributed by atoms with Gasteiger partial charge in [0.1, 0.15) is 5.76 Å². The first kappa shape index (κ1) is 6.69. The van der Waals surface area contributed by atoms with Gasteiger partial charge in [-0.2, -0.15) is 5.26 Å². The fourth-order valence-electron chi connectivity index (χ4n) is 0.672. The van der Waals surface area contributed by atoms with Crippen molar-refractivity contribution in [2.75, 3.05) is 7.05 Å². The average Bonchev–Trinajstić information content (AvgIpc) is 2.40. The van der Waals surface area contributed by atoms with E-state index in [4.69, 9.17) is 9.68 Å². The second-order valence-corrected chi connectivity index (χ2v) is 2.04. The van der Waals surface area contributed by atoms with Crippen LogP contribution in [0.3, 0.4) is 0 Å². The third kappa shape index (κ3) is 1.52. The maximum absolute atomic E-state index is 8.37. The monoisotopic (exact) mass is 136 g/mol. The highest BCUT2D eigenvalue weighted by molar-refractivity contribution is 4.98. The molecule has 0 aromatic carbocycles. The van der Waals surface area contributed by atoms with E-state index in [2.05, 4.69) is 0 Å². The zero-order chi connectivity index (χ0) is 7.40. The van der Waals surface area contributed by atoms with Gasteiger partial charge in [-0.25, -0.2) is 0 Å².